The predicted molar refractivity (Wildman–Crippen MR) is 292 cm³/mol. The zero-order valence-electron chi connectivity index (χ0n) is 40.3. The van der Waals surface area contributed by atoms with Gasteiger partial charge in [-0.25, -0.2) is 0 Å². The van der Waals surface area contributed by atoms with Crippen molar-refractivity contribution in [3.63, 3.8) is 0 Å². The van der Waals surface area contributed by atoms with Crippen LogP contribution >= 0.6 is 0 Å². The molecule has 5 aliphatic carbocycles. The van der Waals surface area contributed by atoms with E-state index in [1.54, 1.807) is 0 Å². The highest BCUT2D eigenvalue weighted by Gasteiger charge is 2.57. The number of fused-ring (bicyclic) bond motifs is 15. The van der Waals surface area contributed by atoms with E-state index in [1.807, 2.05) is 0 Å². The van der Waals surface area contributed by atoms with Gasteiger partial charge in [0.05, 0.1) is 11.5 Å². The van der Waals surface area contributed by atoms with Crippen LogP contribution in [0.4, 0.5) is 11.4 Å². The Kier molecular flexibility index (Phi) is 9.06. The molecule has 9 aromatic carbocycles. The summed E-state index contributed by atoms with van der Waals surface area (Å²) in [6, 6.07) is 81.1. The maximum atomic E-state index is 2.72. The van der Waals surface area contributed by atoms with Crippen molar-refractivity contribution in [2.24, 2.45) is 5.92 Å². The molecular weight excluding hydrogens is 843 g/mol. The summed E-state index contributed by atoms with van der Waals surface area (Å²) in [6.45, 7) is 9.67. The van der Waals surface area contributed by atoms with E-state index in [2.05, 4.69) is 257 Å². The van der Waals surface area contributed by atoms with Gasteiger partial charge in [-0.1, -0.05) is 228 Å². The standard InChI is InChI=1S/C69H55N/c1-43-29-39-59-57-24-12-16-28-64(57)69(62-26-14-10-22-55(62)56-23-11-15-27-63(56)69)66(59)67(43)70(50-38-40-58-54-21-9-13-25-61(54)68(3,4)65(58)42-50)49-36-34-47(35-37-49)46-32-30-45(31-33-46)44(2)60-41-48-17-5-6-18-51(48)52-19-7-8-20-53(52)60/h5-40,42-44,60,67H,41H2,1-4H3. The topological polar surface area (TPSA) is 3.24 Å². The molecule has 9 aromatic rings. The third kappa shape index (κ3) is 5.72. The Balaban J connectivity index is 0.895. The molecule has 0 fully saturated rings. The molecule has 1 heteroatoms. The molecule has 0 aliphatic heterocycles. The van der Waals surface area contributed by atoms with Crippen LogP contribution in [-0.4, -0.2) is 6.04 Å². The van der Waals surface area contributed by atoms with Crippen LogP contribution in [0, 0.1) is 5.92 Å². The summed E-state index contributed by atoms with van der Waals surface area (Å²) < 4.78 is 0. The monoisotopic (exact) mass is 897 g/mol. The van der Waals surface area contributed by atoms with Crippen LogP contribution in [0.3, 0.4) is 0 Å². The Morgan fingerprint density at radius 2 is 0.971 bits per heavy atom. The molecule has 1 nitrogen and oxygen atoms in total. The average Bonchev–Trinajstić information content (AvgIpc) is 3.97. The quantitative estimate of drug-likeness (QED) is 0.161. The summed E-state index contributed by atoms with van der Waals surface area (Å²) in [6.07, 6.45) is 5.99. The molecule has 4 atom stereocenters. The van der Waals surface area contributed by atoms with E-state index in [0.29, 0.717) is 11.8 Å². The van der Waals surface area contributed by atoms with Crippen molar-refractivity contribution in [1.82, 2.24) is 0 Å². The van der Waals surface area contributed by atoms with Gasteiger partial charge >= 0.3 is 0 Å². The summed E-state index contributed by atoms with van der Waals surface area (Å²) in [5, 5.41) is 0. The summed E-state index contributed by atoms with van der Waals surface area (Å²) in [7, 11) is 0. The van der Waals surface area contributed by atoms with Crippen LogP contribution in [0.5, 0.6) is 0 Å². The first-order valence-corrected chi connectivity index (χ1v) is 25.5. The summed E-state index contributed by atoms with van der Waals surface area (Å²) in [5.41, 5.74) is 27.9. The molecule has 0 saturated carbocycles. The highest BCUT2D eigenvalue weighted by Crippen LogP contribution is 2.65. The van der Waals surface area contributed by atoms with E-state index in [4.69, 9.17) is 0 Å². The summed E-state index contributed by atoms with van der Waals surface area (Å²) in [4.78, 5) is 2.72. The fourth-order valence-electron chi connectivity index (χ4n) is 14.1. The second kappa shape index (κ2) is 15.4. The van der Waals surface area contributed by atoms with Crippen LogP contribution < -0.4 is 4.90 Å². The minimum absolute atomic E-state index is 0.0000528. The number of allylic oxidation sites excluding steroid dienone is 2. The van der Waals surface area contributed by atoms with Crippen molar-refractivity contribution < 1.29 is 0 Å². The van der Waals surface area contributed by atoms with E-state index >= 15 is 0 Å². The van der Waals surface area contributed by atoms with Gasteiger partial charge in [-0.3, -0.25) is 0 Å². The van der Waals surface area contributed by atoms with Crippen molar-refractivity contribution in [3.8, 4) is 44.5 Å². The van der Waals surface area contributed by atoms with Gasteiger partial charge < -0.3 is 4.90 Å². The van der Waals surface area contributed by atoms with Gasteiger partial charge in [-0.15, -0.1) is 0 Å². The lowest BCUT2D eigenvalue weighted by atomic mass is 9.65. The SMILES string of the molecule is CC1C=CC2=C(C1N(c1ccc(-c3ccc(C(C)C4Cc5ccccc5-c5ccccc54)cc3)cc1)c1ccc3c(c1)C(C)(C)c1ccccc1-3)C1(c3ccccc32)c2ccccc2-c2ccccc21. The molecule has 14 rings (SSSR count). The molecule has 336 valence electrons. The smallest absolute Gasteiger partial charge is 0.0708 e. The fourth-order valence-corrected chi connectivity index (χ4v) is 14.1. The van der Waals surface area contributed by atoms with Gasteiger partial charge in [0.1, 0.15) is 0 Å². The number of anilines is 2. The normalized spacial score (nSPS) is 19.3. The Hall–Kier alpha value is -7.74. The maximum Gasteiger partial charge on any atom is 0.0708 e. The second-order valence-electron chi connectivity index (χ2n) is 21.2. The molecule has 0 radical (unpaired) electrons. The zero-order chi connectivity index (χ0) is 46.9. The van der Waals surface area contributed by atoms with Gasteiger partial charge in [0.15, 0.2) is 0 Å². The molecule has 1 spiro atoms. The lowest BCUT2D eigenvalue weighted by Crippen LogP contribution is -2.45. The summed E-state index contributed by atoms with van der Waals surface area (Å²) >= 11 is 0. The molecular formula is C69H55N. The first-order valence-electron chi connectivity index (χ1n) is 25.5. The van der Waals surface area contributed by atoms with E-state index in [9.17, 15) is 0 Å². The average molecular weight is 898 g/mol. The van der Waals surface area contributed by atoms with E-state index in [-0.39, 0.29) is 17.4 Å². The molecule has 0 aromatic heterocycles. The van der Waals surface area contributed by atoms with Gasteiger partial charge in [-0.05, 0) is 154 Å². The third-order valence-corrected chi connectivity index (χ3v) is 17.4. The molecule has 0 saturated heterocycles. The van der Waals surface area contributed by atoms with E-state index in [1.165, 1.54) is 117 Å². The second-order valence-corrected chi connectivity index (χ2v) is 21.2. The van der Waals surface area contributed by atoms with Crippen LogP contribution in [0.15, 0.2) is 230 Å². The minimum atomic E-state index is -0.449. The van der Waals surface area contributed by atoms with Crippen molar-refractivity contribution in [1.29, 1.82) is 0 Å². The maximum absolute atomic E-state index is 2.72. The first kappa shape index (κ1) is 41.3. The molecule has 0 heterocycles. The van der Waals surface area contributed by atoms with Gasteiger partial charge in [-0.2, -0.15) is 0 Å². The Morgan fingerprint density at radius 3 is 1.64 bits per heavy atom. The largest absolute Gasteiger partial charge is 0.334 e. The predicted octanol–water partition coefficient (Wildman–Crippen LogP) is 17.3. The van der Waals surface area contributed by atoms with E-state index < -0.39 is 5.41 Å². The fraction of sp³-hybridized carbons (Fsp3) is 0.159. The van der Waals surface area contributed by atoms with Crippen LogP contribution in [-0.2, 0) is 17.3 Å². The zero-order valence-corrected chi connectivity index (χ0v) is 40.3. The third-order valence-electron chi connectivity index (χ3n) is 17.4. The minimum Gasteiger partial charge on any atom is -0.334 e. The number of hydrogen-bond acceptors (Lipinski definition) is 1. The van der Waals surface area contributed by atoms with Gasteiger partial charge in [0.2, 0.25) is 0 Å². The molecule has 70 heavy (non-hydrogen) atoms. The Morgan fingerprint density at radius 1 is 0.471 bits per heavy atom. The van der Waals surface area contributed by atoms with Crippen molar-refractivity contribution in [3.05, 3.63) is 280 Å². The lowest BCUT2D eigenvalue weighted by Gasteiger charge is -2.45. The van der Waals surface area contributed by atoms with E-state index in [0.717, 1.165) is 6.42 Å². The number of benzene rings is 9. The number of nitrogens with zero attached hydrogens (tertiary/aromatic N) is 1. The van der Waals surface area contributed by atoms with Gasteiger partial charge in [0, 0.05) is 16.8 Å². The Bertz CT molecular complexity index is 3610. The molecule has 0 N–H and O–H groups in total. The van der Waals surface area contributed by atoms with Crippen LogP contribution in [0.25, 0.3) is 50.1 Å². The first-order chi connectivity index (χ1) is 34.3. The van der Waals surface area contributed by atoms with Crippen LogP contribution in [0.1, 0.15) is 89.6 Å². The number of rotatable bonds is 6. The number of hydrogen-bond donors (Lipinski definition) is 0. The highest BCUT2D eigenvalue weighted by atomic mass is 15.2. The van der Waals surface area contributed by atoms with Crippen LogP contribution in [0.2, 0.25) is 0 Å². The summed E-state index contributed by atoms with van der Waals surface area (Å²) in [5.74, 6) is 0.994. The molecule has 4 unspecified atom stereocenters. The van der Waals surface area contributed by atoms with Crippen molar-refractivity contribution in [2.45, 2.75) is 62.8 Å². The highest BCUT2D eigenvalue weighted by molar-refractivity contribution is 5.99. The molecule has 0 amide bonds. The molecule has 0 bridgehead atoms. The van der Waals surface area contributed by atoms with Gasteiger partial charge in [0.25, 0.3) is 0 Å². The lowest BCUT2D eigenvalue weighted by molar-refractivity contribution is 0.536. The van der Waals surface area contributed by atoms with Crippen molar-refractivity contribution >= 4 is 16.9 Å². The van der Waals surface area contributed by atoms with Crippen molar-refractivity contribution in [2.75, 3.05) is 4.90 Å². The molecule has 5 aliphatic rings. The Labute approximate surface area is 413 Å².